The lowest BCUT2D eigenvalue weighted by atomic mass is 10.6. The molecule has 1 heterocycles. The number of ether oxygens (including phenoxy) is 1. The average molecular weight is 99.1 g/mol. The molecule has 1 aliphatic rings. The van der Waals surface area contributed by atoms with Crippen molar-refractivity contribution in [2.24, 2.45) is 0 Å². The Balaban J connectivity index is 2.20. The summed E-state index contributed by atoms with van der Waals surface area (Å²) in [5.74, 6) is 0. The van der Waals surface area contributed by atoms with Gasteiger partial charge in [-0.1, -0.05) is 0 Å². The van der Waals surface area contributed by atoms with Gasteiger partial charge in [0.15, 0.2) is 0 Å². The highest BCUT2D eigenvalue weighted by atomic mass is 16.5. The Labute approximate surface area is 43.2 Å². The quantitative estimate of drug-likeness (QED) is 0.465. The molecule has 1 rings (SSSR count). The topological polar surface area (TPSA) is 21.3 Å². The molecule has 0 saturated carbocycles. The predicted molar refractivity (Wildman–Crippen MR) is 28.0 cm³/mol. The van der Waals surface area contributed by atoms with Crippen LogP contribution in [0.3, 0.4) is 0 Å². The Morgan fingerprint density at radius 3 is 3.57 bits per heavy atom. The molecule has 0 aromatic carbocycles. The van der Waals surface area contributed by atoms with Gasteiger partial charge in [-0.15, -0.1) is 0 Å². The first kappa shape index (κ1) is 4.65. The molecular weight excluding hydrogens is 90.1 g/mol. The third kappa shape index (κ3) is 1.59. The minimum Gasteiger partial charge on any atom is -0.500 e. The Bertz CT molecular complexity index is 62.5. The van der Waals surface area contributed by atoms with Gasteiger partial charge in [0, 0.05) is 13.1 Å². The first-order chi connectivity index (χ1) is 3.50. The van der Waals surface area contributed by atoms with Crippen molar-refractivity contribution in [1.29, 1.82) is 0 Å². The van der Waals surface area contributed by atoms with E-state index >= 15 is 0 Å². The van der Waals surface area contributed by atoms with E-state index in [2.05, 4.69) is 5.32 Å². The predicted octanol–water partition coefficient (Wildman–Crippen LogP) is 0.120. The highest BCUT2D eigenvalue weighted by Gasteiger charge is 1.86. The highest BCUT2D eigenvalue weighted by Crippen LogP contribution is 1.79. The lowest BCUT2D eigenvalue weighted by Crippen LogP contribution is -2.15. The molecule has 0 saturated heterocycles. The molecule has 0 spiro atoms. The van der Waals surface area contributed by atoms with Crippen molar-refractivity contribution in [1.82, 2.24) is 5.32 Å². The Kier molecular flexibility index (Phi) is 1.75. The Morgan fingerprint density at radius 1 is 1.57 bits per heavy atom. The second kappa shape index (κ2) is 2.64. The van der Waals surface area contributed by atoms with Gasteiger partial charge in [-0.05, 0) is 6.08 Å². The maximum absolute atomic E-state index is 4.95. The van der Waals surface area contributed by atoms with Crippen LogP contribution in [-0.4, -0.2) is 19.7 Å². The minimum atomic E-state index is 0.802. The summed E-state index contributed by atoms with van der Waals surface area (Å²) in [5.41, 5.74) is 0. The van der Waals surface area contributed by atoms with E-state index in [-0.39, 0.29) is 0 Å². The minimum absolute atomic E-state index is 0.802. The van der Waals surface area contributed by atoms with Crippen LogP contribution in [0, 0.1) is 0 Å². The molecule has 40 valence electrons. The van der Waals surface area contributed by atoms with E-state index in [0.717, 1.165) is 19.7 Å². The van der Waals surface area contributed by atoms with E-state index in [1.807, 2.05) is 6.08 Å². The molecule has 0 aromatic heterocycles. The van der Waals surface area contributed by atoms with Crippen molar-refractivity contribution in [2.75, 3.05) is 19.7 Å². The normalized spacial score (nSPS) is 20.6. The van der Waals surface area contributed by atoms with Gasteiger partial charge in [-0.2, -0.15) is 0 Å². The van der Waals surface area contributed by atoms with Gasteiger partial charge in [0.2, 0.25) is 0 Å². The van der Waals surface area contributed by atoms with E-state index < -0.39 is 0 Å². The summed E-state index contributed by atoms with van der Waals surface area (Å²) in [7, 11) is 0. The van der Waals surface area contributed by atoms with E-state index in [4.69, 9.17) is 4.74 Å². The smallest absolute Gasteiger partial charge is 0.0997 e. The molecule has 0 amide bonds. The molecule has 2 nitrogen and oxygen atoms in total. The summed E-state index contributed by atoms with van der Waals surface area (Å²) >= 11 is 0. The molecule has 0 fully saturated rings. The lowest BCUT2D eigenvalue weighted by molar-refractivity contribution is 0.258. The van der Waals surface area contributed by atoms with E-state index in [1.54, 1.807) is 6.26 Å². The van der Waals surface area contributed by atoms with Crippen LogP contribution in [-0.2, 0) is 4.74 Å². The van der Waals surface area contributed by atoms with Crippen LogP contribution in [0.4, 0.5) is 0 Å². The molecule has 0 aromatic rings. The zero-order valence-corrected chi connectivity index (χ0v) is 4.18. The van der Waals surface area contributed by atoms with Crippen molar-refractivity contribution in [3.63, 3.8) is 0 Å². The number of hydrogen-bond acceptors (Lipinski definition) is 2. The third-order valence-corrected chi connectivity index (χ3v) is 0.851. The van der Waals surface area contributed by atoms with Gasteiger partial charge in [-0.25, -0.2) is 0 Å². The van der Waals surface area contributed by atoms with Gasteiger partial charge >= 0.3 is 0 Å². The van der Waals surface area contributed by atoms with Crippen molar-refractivity contribution in [3.8, 4) is 0 Å². The summed E-state index contributed by atoms with van der Waals surface area (Å²) in [6.45, 7) is 2.71. The highest BCUT2D eigenvalue weighted by molar-refractivity contribution is 4.78. The monoisotopic (exact) mass is 99.1 g/mol. The molecule has 0 bridgehead atoms. The van der Waals surface area contributed by atoms with Crippen LogP contribution in [0.1, 0.15) is 0 Å². The summed E-state index contributed by atoms with van der Waals surface area (Å²) in [6.07, 6.45) is 3.70. The van der Waals surface area contributed by atoms with E-state index in [0.29, 0.717) is 0 Å². The zero-order chi connectivity index (χ0) is 4.95. The van der Waals surface area contributed by atoms with Gasteiger partial charge < -0.3 is 10.1 Å². The molecule has 0 radical (unpaired) electrons. The molecule has 0 unspecified atom stereocenters. The van der Waals surface area contributed by atoms with Crippen molar-refractivity contribution < 1.29 is 4.74 Å². The van der Waals surface area contributed by atoms with Gasteiger partial charge in [-0.3, -0.25) is 0 Å². The van der Waals surface area contributed by atoms with E-state index in [1.165, 1.54) is 0 Å². The maximum atomic E-state index is 4.95. The van der Waals surface area contributed by atoms with Crippen molar-refractivity contribution >= 4 is 0 Å². The number of rotatable bonds is 0. The average Bonchev–Trinajstić information content (AvgIpc) is 1.90. The molecule has 1 N–H and O–H groups in total. The Morgan fingerprint density at radius 2 is 2.57 bits per heavy atom. The van der Waals surface area contributed by atoms with Crippen LogP contribution in [0.25, 0.3) is 0 Å². The van der Waals surface area contributed by atoms with Crippen LogP contribution in [0.5, 0.6) is 0 Å². The fraction of sp³-hybridized carbons (Fsp3) is 0.600. The number of nitrogens with one attached hydrogen (secondary N) is 1. The van der Waals surface area contributed by atoms with Crippen molar-refractivity contribution in [3.05, 3.63) is 12.3 Å². The first-order valence-electron chi connectivity index (χ1n) is 2.47. The third-order valence-electron chi connectivity index (χ3n) is 0.851. The van der Waals surface area contributed by atoms with Gasteiger partial charge in [0.1, 0.15) is 0 Å². The standard InChI is InChI=1S/C5H9NO/c1-2-6-3-5-7-4-1/h1,4,6H,2-3,5H2. The van der Waals surface area contributed by atoms with Crippen molar-refractivity contribution in [2.45, 2.75) is 0 Å². The van der Waals surface area contributed by atoms with Crippen LogP contribution < -0.4 is 5.32 Å². The molecular formula is C5H9NO. The second-order valence-corrected chi connectivity index (χ2v) is 1.45. The molecule has 2 heteroatoms. The van der Waals surface area contributed by atoms with Gasteiger partial charge in [0.25, 0.3) is 0 Å². The molecule has 7 heavy (non-hydrogen) atoms. The fourth-order valence-corrected chi connectivity index (χ4v) is 0.501. The van der Waals surface area contributed by atoms with Crippen LogP contribution in [0.15, 0.2) is 12.3 Å². The van der Waals surface area contributed by atoms with Crippen LogP contribution >= 0.6 is 0 Å². The summed E-state index contributed by atoms with van der Waals surface area (Å²) in [6, 6.07) is 0. The Hall–Kier alpha value is -0.500. The summed E-state index contributed by atoms with van der Waals surface area (Å²) in [5, 5.41) is 3.14. The second-order valence-electron chi connectivity index (χ2n) is 1.45. The fourth-order valence-electron chi connectivity index (χ4n) is 0.501. The first-order valence-corrected chi connectivity index (χ1v) is 2.47. The lowest BCUT2D eigenvalue weighted by Gasteiger charge is -1.93. The molecule has 0 atom stereocenters. The zero-order valence-electron chi connectivity index (χ0n) is 4.18. The maximum Gasteiger partial charge on any atom is 0.0997 e. The largest absolute Gasteiger partial charge is 0.500 e. The molecule has 1 aliphatic heterocycles. The summed E-state index contributed by atoms with van der Waals surface area (Å²) in [4.78, 5) is 0. The van der Waals surface area contributed by atoms with E-state index in [9.17, 15) is 0 Å². The SMILES string of the molecule is C1=COCCNC1. The summed E-state index contributed by atoms with van der Waals surface area (Å²) < 4.78 is 4.95. The van der Waals surface area contributed by atoms with Crippen LogP contribution in [0.2, 0.25) is 0 Å². The van der Waals surface area contributed by atoms with Gasteiger partial charge in [0.05, 0.1) is 12.9 Å². The molecule has 0 aliphatic carbocycles. The number of hydrogen-bond donors (Lipinski definition) is 1.